The molecule has 0 bridgehead atoms. The molecule has 0 aliphatic carbocycles. The van der Waals surface area contributed by atoms with Crippen LogP contribution >= 0.6 is 11.6 Å². The van der Waals surface area contributed by atoms with Crippen molar-refractivity contribution >= 4 is 36.5 Å². The number of hydrogen-bond donors (Lipinski definition) is 1. The first-order chi connectivity index (χ1) is 10.9. The van der Waals surface area contributed by atoms with E-state index in [4.69, 9.17) is 16.3 Å². The third kappa shape index (κ3) is 4.44. The standard InChI is InChI=1S/C15H22ClN5OSi/c1-5-18-13-12-11(8-17)9-21(14(12)20-15(16)19-13)10-22-6-7-23(2,3)4/h9H,5-7,10H2,1-4H3,(H,18,19,20). The molecule has 0 radical (unpaired) electrons. The van der Waals surface area contributed by atoms with Crippen LogP contribution in [0.15, 0.2) is 6.20 Å². The number of rotatable bonds is 7. The summed E-state index contributed by atoms with van der Waals surface area (Å²) in [6, 6.07) is 3.28. The molecule has 2 aromatic rings. The van der Waals surface area contributed by atoms with E-state index in [1.165, 1.54) is 0 Å². The summed E-state index contributed by atoms with van der Waals surface area (Å²) in [5, 5.41) is 13.3. The van der Waals surface area contributed by atoms with E-state index in [-0.39, 0.29) is 5.28 Å². The minimum absolute atomic E-state index is 0.152. The van der Waals surface area contributed by atoms with Crippen LogP contribution < -0.4 is 5.32 Å². The zero-order valence-corrected chi connectivity index (χ0v) is 15.7. The lowest BCUT2D eigenvalue weighted by molar-refractivity contribution is 0.0898. The van der Waals surface area contributed by atoms with Gasteiger partial charge in [-0.3, -0.25) is 0 Å². The second kappa shape index (κ2) is 7.30. The fourth-order valence-corrected chi connectivity index (χ4v) is 3.10. The molecule has 0 aromatic carbocycles. The molecule has 8 heteroatoms. The molecule has 0 unspecified atom stereocenters. The second-order valence-corrected chi connectivity index (χ2v) is 12.5. The van der Waals surface area contributed by atoms with Crippen molar-refractivity contribution in [3.63, 3.8) is 0 Å². The van der Waals surface area contributed by atoms with Crippen LogP contribution in [0.2, 0.25) is 31.0 Å². The number of nitriles is 1. The molecule has 0 atom stereocenters. The first-order valence-corrected chi connectivity index (χ1v) is 11.7. The number of nitrogens with zero attached hydrogens (tertiary/aromatic N) is 4. The molecule has 0 fully saturated rings. The molecule has 23 heavy (non-hydrogen) atoms. The highest BCUT2D eigenvalue weighted by Gasteiger charge is 2.17. The summed E-state index contributed by atoms with van der Waals surface area (Å²) >= 11 is 6.01. The predicted molar refractivity (Wildman–Crippen MR) is 95.5 cm³/mol. The number of fused-ring (bicyclic) bond motifs is 1. The van der Waals surface area contributed by atoms with E-state index in [2.05, 4.69) is 41.0 Å². The minimum atomic E-state index is -1.12. The molecule has 2 heterocycles. The Morgan fingerprint density at radius 2 is 2.13 bits per heavy atom. The highest BCUT2D eigenvalue weighted by Crippen LogP contribution is 2.27. The van der Waals surface area contributed by atoms with Crippen LogP contribution in [0.3, 0.4) is 0 Å². The van der Waals surface area contributed by atoms with Crippen molar-refractivity contribution in [2.75, 3.05) is 18.5 Å². The highest BCUT2D eigenvalue weighted by atomic mass is 35.5. The van der Waals surface area contributed by atoms with E-state index < -0.39 is 8.07 Å². The summed E-state index contributed by atoms with van der Waals surface area (Å²) in [4.78, 5) is 8.45. The topological polar surface area (TPSA) is 75.8 Å². The third-order valence-electron chi connectivity index (χ3n) is 3.38. The summed E-state index contributed by atoms with van der Waals surface area (Å²) in [5.74, 6) is 0.583. The van der Waals surface area contributed by atoms with Gasteiger partial charge in [0.1, 0.15) is 24.3 Å². The van der Waals surface area contributed by atoms with Crippen LogP contribution in [0.5, 0.6) is 0 Å². The Bertz CT molecular complexity index is 732. The molecule has 0 saturated heterocycles. The fourth-order valence-electron chi connectivity index (χ4n) is 2.18. The van der Waals surface area contributed by atoms with Crippen molar-refractivity contribution in [3.05, 3.63) is 17.0 Å². The first kappa shape index (κ1) is 17.7. The van der Waals surface area contributed by atoms with Crippen LogP contribution in [0.4, 0.5) is 5.82 Å². The lowest BCUT2D eigenvalue weighted by Gasteiger charge is -2.15. The molecule has 0 saturated carbocycles. The molecule has 2 rings (SSSR count). The normalized spacial score (nSPS) is 11.7. The Morgan fingerprint density at radius 3 is 2.74 bits per heavy atom. The third-order valence-corrected chi connectivity index (χ3v) is 5.25. The number of hydrogen-bond acceptors (Lipinski definition) is 5. The maximum Gasteiger partial charge on any atom is 0.226 e. The van der Waals surface area contributed by atoms with Crippen molar-refractivity contribution in [3.8, 4) is 6.07 Å². The molecule has 2 aromatic heterocycles. The average molecular weight is 352 g/mol. The summed E-state index contributed by atoms with van der Waals surface area (Å²) in [7, 11) is -1.12. The molecule has 0 aliphatic rings. The van der Waals surface area contributed by atoms with E-state index in [9.17, 15) is 5.26 Å². The highest BCUT2D eigenvalue weighted by molar-refractivity contribution is 6.76. The summed E-state index contributed by atoms with van der Waals surface area (Å²) < 4.78 is 7.58. The summed E-state index contributed by atoms with van der Waals surface area (Å²) in [5.41, 5.74) is 1.13. The van der Waals surface area contributed by atoms with Gasteiger partial charge in [-0.25, -0.2) is 4.98 Å². The molecule has 0 aliphatic heterocycles. The van der Waals surface area contributed by atoms with Crippen molar-refractivity contribution in [2.24, 2.45) is 0 Å². The summed E-state index contributed by atoms with van der Waals surface area (Å²) in [6.07, 6.45) is 1.74. The first-order valence-electron chi connectivity index (χ1n) is 7.64. The lowest BCUT2D eigenvalue weighted by atomic mass is 10.2. The van der Waals surface area contributed by atoms with E-state index in [1.807, 2.05) is 11.5 Å². The second-order valence-electron chi connectivity index (χ2n) is 6.54. The average Bonchev–Trinajstić information content (AvgIpc) is 2.81. The van der Waals surface area contributed by atoms with Gasteiger partial charge < -0.3 is 14.6 Å². The quantitative estimate of drug-likeness (QED) is 0.467. The largest absolute Gasteiger partial charge is 0.370 e. The Morgan fingerprint density at radius 1 is 1.39 bits per heavy atom. The zero-order valence-electron chi connectivity index (χ0n) is 14.0. The summed E-state index contributed by atoms with van der Waals surface area (Å²) in [6.45, 7) is 10.6. The van der Waals surface area contributed by atoms with Crippen molar-refractivity contribution in [1.29, 1.82) is 5.26 Å². The van der Waals surface area contributed by atoms with Gasteiger partial charge in [-0.2, -0.15) is 10.2 Å². The maximum atomic E-state index is 9.37. The van der Waals surface area contributed by atoms with E-state index in [0.717, 1.165) is 6.04 Å². The predicted octanol–water partition coefficient (Wildman–Crippen LogP) is 3.70. The molecular formula is C15H22ClN5OSi. The number of ether oxygens (including phenoxy) is 1. The monoisotopic (exact) mass is 351 g/mol. The molecule has 6 nitrogen and oxygen atoms in total. The van der Waals surface area contributed by atoms with E-state index >= 15 is 0 Å². The van der Waals surface area contributed by atoms with Crippen LogP contribution in [0.1, 0.15) is 12.5 Å². The zero-order chi connectivity index (χ0) is 17.0. The fraction of sp³-hybridized carbons (Fsp3) is 0.533. The van der Waals surface area contributed by atoms with Crippen LogP contribution in [0.25, 0.3) is 11.0 Å². The molecule has 0 spiro atoms. The van der Waals surface area contributed by atoms with Crippen molar-refractivity contribution < 1.29 is 4.74 Å². The maximum absolute atomic E-state index is 9.37. The number of anilines is 1. The number of nitrogens with one attached hydrogen (secondary N) is 1. The smallest absolute Gasteiger partial charge is 0.226 e. The van der Waals surface area contributed by atoms with Crippen molar-refractivity contribution in [2.45, 2.75) is 39.3 Å². The molecule has 0 amide bonds. The van der Waals surface area contributed by atoms with E-state index in [0.29, 0.717) is 42.3 Å². The molecular weight excluding hydrogens is 330 g/mol. The molecule has 1 N–H and O–H groups in total. The lowest BCUT2D eigenvalue weighted by Crippen LogP contribution is -2.22. The van der Waals surface area contributed by atoms with Crippen molar-refractivity contribution in [1.82, 2.24) is 14.5 Å². The SMILES string of the molecule is CCNc1nc(Cl)nc2c1c(C#N)cn2COCC[Si](C)(C)C. The van der Waals surface area contributed by atoms with Gasteiger partial charge in [-0.15, -0.1) is 0 Å². The van der Waals surface area contributed by atoms with Gasteiger partial charge in [0.25, 0.3) is 0 Å². The van der Waals surface area contributed by atoms with E-state index in [1.54, 1.807) is 6.20 Å². The number of halogens is 1. The van der Waals surface area contributed by atoms with Crippen LogP contribution in [0, 0.1) is 11.3 Å². The molecule has 124 valence electrons. The Kier molecular flexibility index (Phi) is 5.63. The van der Waals surface area contributed by atoms with Gasteiger partial charge in [-0.1, -0.05) is 19.6 Å². The van der Waals surface area contributed by atoms with Gasteiger partial charge in [0.15, 0.2) is 0 Å². The minimum Gasteiger partial charge on any atom is -0.370 e. The van der Waals surface area contributed by atoms with Gasteiger partial charge in [0.2, 0.25) is 5.28 Å². The van der Waals surface area contributed by atoms with Crippen LogP contribution in [-0.2, 0) is 11.5 Å². The van der Waals surface area contributed by atoms with Crippen LogP contribution in [-0.4, -0.2) is 35.8 Å². The van der Waals surface area contributed by atoms with Gasteiger partial charge in [-0.05, 0) is 24.6 Å². The Labute approximate surface area is 142 Å². The van der Waals surface area contributed by atoms with Gasteiger partial charge in [0.05, 0.1) is 10.9 Å². The van der Waals surface area contributed by atoms with Gasteiger partial charge in [0, 0.05) is 27.4 Å². The number of aromatic nitrogens is 3. The Balaban J connectivity index is 2.29. The Hall–Kier alpha value is -1.62. The van der Waals surface area contributed by atoms with Gasteiger partial charge >= 0.3 is 0 Å².